The summed E-state index contributed by atoms with van der Waals surface area (Å²) in [5.41, 5.74) is 0.592. The molecule has 2 rings (SSSR count). The number of rotatable bonds is 5. The van der Waals surface area contributed by atoms with Crippen molar-refractivity contribution < 1.29 is 14.3 Å². The third-order valence-electron chi connectivity index (χ3n) is 2.09. The van der Waals surface area contributed by atoms with Crippen LogP contribution in [0.5, 0.6) is 5.75 Å². The lowest BCUT2D eigenvalue weighted by molar-refractivity contribution is 0.0451. The van der Waals surface area contributed by atoms with E-state index >= 15 is 0 Å². The van der Waals surface area contributed by atoms with Gasteiger partial charge < -0.3 is 9.47 Å². The number of esters is 1. The van der Waals surface area contributed by atoms with Crippen molar-refractivity contribution in [2.75, 3.05) is 13.2 Å². The van der Waals surface area contributed by atoms with E-state index in [1.54, 1.807) is 11.4 Å². The Hall–Kier alpha value is -1.81. The number of thiophene rings is 1. The van der Waals surface area contributed by atoms with Crippen LogP contribution in [-0.2, 0) is 4.74 Å². The molecule has 1 aromatic heterocycles. The van der Waals surface area contributed by atoms with Gasteiger partial charge >= 0.3 is 5.97 Å². The molecule has 0 aliphatic carbocycles. The molecule has 0 aliphatic heterocycles. The number of hydrogen-bond acceptors (Lipinski definition) is 4. The second kappa shape index (κ2) is 6.06. The standard InChI is InChI=1S/C13H12O3S/c14-13(11-6-9-17-10-11)16-8-7-15-12-4-2-1-3-5-12/h1-6,9-10H,7-8H2. The Morgan fingerprint density at radius 2 is 1.94 bits per heavy atom. The number of ether oxygens (including phenoxy) is 2. The minimum absolute atomic E-state index is 0.254. The zero-order valence-electron chi connectivity index (χ0n) is 9.17. The Morgan fingerprint density at radius 3 is 2.65 bits per heavy atom. The average molecular weight is 248 g/mol. The van der Waals surface area contributed by atoms with Crippen LogP contribution in [0.25, 0.3) is 0 Å². The Bertz CT molecular complexity index is 451. The van der Waals surface area contributed by atoms with Gasteiger partial charge in [-0.3, -0.25) is 0 Å². The van der Waals surface area contributed by atoms with Crippen molar-refractivity contribution in [3.63, 3.8) is 0 Å². The molecule has 3 nitrogen and oxygen atoms in total. The highest BCUT2D eigenvalue weighted by Gasteiger charge is 2.06. The monoisotopic (exact) mass is 248 g/mol. The fourth-order valence-electron chi connectivity index (χ4n) is 1.27. The van der Waals surface area contributed by atoms with Gasteiger partial charge in [0.15, 0.2) is 0 Å². The highest BCUT2D eigenvalue weighted by atomic mass is 32.1. The Morgan fingerprint density at radius 1 is 1.12 bits per heavy atom. The Balaban J connectivity index is 1.69. The van der Waals surface area contributed by atoms with Gasteiger partial charge in [0.1, 0.15) is 19.0 Å². The van der Waals surface area contributed by atoms with Crippen molar-refractivity contribution in [1.82, 2.24) is 0 Å². The normalized spacial score (nSPS) is 9.88. The molecule has 0 atom stereocenters. The summed E-state index contributed by atoms with van der Waals surface area (Å²) in [6.07, 6.45) is 0. The van der Waals surface area contributed by atoms with E-state index in [2.05, 4.69) is 0 Å². The van der Waals surface area contributed by atoms with Crippen LogP contribution in [0, 0.1) is 0 Å². The van der Waals surface area contributed by atoms with Gasteiger partial charge in [0.05, 0.1) is 5.56 Å². The number of hydrogen-bond donors (Lipinski definition) is 0. The van der Waals surface area contributed by atoms with Gasteiger partial charge in [0.25, 0.3) is 0 Å². The third kappa shape index (κ3) is 3.60. The second-order valence-corrected chi connectivity index (χ2v) is 4.09. The minimum atomic E-state index is -0.303. The van der Waals surface area contributed by atoms with Crippen LogP contribution in [0.4, 0.5) is 0 Å². The van der Waals surface area contributed by atoms with Crippen molar-refractivity contribution in [3.8, 4) is 5.75 Å². The molecule has 4 heteroatoms. The lowest BCUT2D eigenvalue weighted by atomic mass is 10.3. The van der Waals surface area contributed by atoms with Crippen LogP contribution in [0.3, 0.4) is 0 Å². The van der Waals surface area contributed by atoms with E-state index in [9.17, 15) is 4.79 Å². The zero-order chi connectivity index (χ0) is 11.9. The molecule has 2 aromatic rings. The number of carbonyl (C=O) groups excluding carboxylic acids is 1. The van der Waals surface area contributed by atoms with Crippen LogP contribution in [-0.4, -0.2) is 19.2 Å². The summed E-state index contributed by atoms with van der Waals surface area (Å²) in [7, 11) is 0. The van der Waals surface area contributed by atoms with E-state index in [1.807, 2.05) is 35.7 Å². The zero-order valence-corrected chi connectivity index (χ0v) is 9.98. The first kappa shape index (κ1) is 11.7. The van der Waals surface area contributed by atoms with E-state index in [0.717, 1.165) is 5.75 Å². The fraction of sp³-hybridized carbons (Fsp3) is 0.154. The molecular formula is C13H12O3S. The second-order valence-electron chi connectivity index (χ2n) is 3.31. The summed E-state index contributed by atoms with van der Waals surface area (Å²) in [5, 5.41) is 3.61. The summed E-state index contributed by atoms with van der Waals surface area (Å²) in [4.78, 5) is 11.4. The molecule has 0 N–H and O–H groups in total. The topological polar surface area (TPSA) is 35.5 Å². The molecule has 88 valence electrons. The largest absolute Gasteiger partial charge is 0.490 e. The molecule has 0 unspecified atom stereocenters. The first-order valence-electron chi connectivity index (χ1n) is 5.23. The SMILES string of the molecule is O=C(OCCOc1ccccc1)c1ccsc1. The molecule has 0 fully saturated rings. The quantitative estimate of drug-likeness (QED) is 0.602. The minimum Gasteiger partial charge on any atom is -0.490 e. The number of carbonyl (C=O) groups is 1. The molecule has 0 spiro atoms. The van der Waals surface area contributed by atoms with Gasteiger partial charge in [-0.25, -0.2) is 4.79 Å². The van der Waals surface area contributed by atoms with E-state index in [1.165, 1.54) is 11.3 Å². The lowest BCUT2D eigenvalue weighted by Gasteiger charge is -2.06. The van der Waals surface area contributed by atoms with Crippen molar-refractivity contribution in [3.05, 3.63) is 52.7 Å². The van der Waals surface area contributed by atoms with Gasteiger partial charge in [-0.15, -0.1) is 0 Å². The van der Waals surface area contributed by atoms with E-state index in [4.69, 9.17) is 9.47 Å². The molecule has 0 radical (unpaired) electrons. The van der Waals surface area contributed by atoms with Gasteiger partial charge in [-0.1, -0.05) is 18.2 Å². The predicted octanol–water partition coefficient (Wildman–Crippen LogP) is 2.98. The van der Waals surface area contributed by atoms with Crippen LogP contribution in [0.1, 0.15) is 10.4 Å². The molecule has 1 heterocycles. The molecule has 1 aromatic carbocycles. The fourth-order valence-corrected chi connectivity index (χ4v) is 1.90. The lowest BCUT2D eigenvalue weighted by Crippen LogP contribution is -2.11. The average Bonchev–Trinajstić information content (AvgIpc) is 2.89. The smallest absolute Gasteiger partial charge is 0.339 e. The Kier molecular flexibility index (Phi) is 4.16. The summed E-state index contributed by atoms with van der Waals surface area (Å²) in [6, 6.07) is 11.2. The molecule has 0 aliphatic rings. The molecule has 0 saturated heterocycles. The van der Waals surface area contributed by atoms with E-state index in [-0.39, 0.29) is 12.6 Å². The predicted molar refractivity (Wildman–Crippen MR) is 66.5 cm³/mol. The summed E-state index contributed by atoms with van der Waals surface area (Å²) >= 11 is 1.47. The van der Waals surface area contributed by atoms with E-state index < -0.39 is 0 Å². The summed E-state index contributed by atoms with van der Waals surface area (Å²) < 4.78 is 10.4. The molecule has 0 amide bonds. The van der Waals surface area contributed by atoms with Gasteiger partial charge in [-0.2, -0.15) is 11.3 Å². The number of benzene rings is 1. The maximum Gasteiger partial charge on any atom is 0.339 e. The van der Waals surface area contributed by atoms with Crippen molar-refractivity contribution in [1.29, 1.82) is 0 Å². The van der Waals surface area contributed by atoms with Crippen LogP contribution >= 0.6 is 11.3 Å². The highest BCUT2D eigenvalue weighted by Crippen LogP contribution is 2.09. The van der Waals surface area contributed by atoms with Crippen molar-refractivity contribution in [2.45, 2.75) is 0 Å². The van der Waals surface area contributed by atoms with Gasteiger partial charge in [0.2, 0.25) is 0 Å². The van der Waals surface area contributed by atoms with Gasteiger partial charge in [0, 0.05) is 5.38 Å². The molecule has 17 heavy (non-hydrogen) atoms. The molecule has 0 saturated carbocycles. The van der Waals surface area contributed by atoms with E-state index in [0.29, 0.717) is 12.2 Å². The third-order valence-corrected chi connectivity index (χ3v) is 2.77. The van der Waals surface area contributed by atoms with Gasteiger partial charge in [-0.05, 0) is 23.6 Å². The molecular weight excluding hydrogens is 236 g/mol. The van der Waals surface area contributed by atoms with Crippen LogP contribution < -0.4 is 4.74 Å². The summed E-state index contributed by atoms with van der Waals surface area (Å²) in [6.45, 7) is 0.615. The highest BCUT2D eigenvalue weighted by molar-refractivity contribution is 7.08. The van der Waals surface area contributed by atoms with Crippen LogP contribution in [0.2, 0.25) is 0 Å². The molecule has 0 bridgehead atoms. The number of para-hydroxylation sites is 1. The van der Waals surface area contributed by atoms with Crippen LogP contribution in [0.15, 0.2) is 47.2 Å². The first-order valence-corrected chi connectivity index (χ1v) is 6.18. The first-order chi connectivity index (χ1) is 8.36. The summed E-state index contributed by atoms with van der Waals surface area (Å²) in [5.74, 6) is 0.474. The Labute approximate surface area is 104 Å². The maximum atomic E-state index is 11.4. The van der Waals surface area contributed by atoms with Crippen molar-refractivity contribution >= 4 is 17.3 Å². The van der Waals surface area contributed by atoms with Crippen molar-refractivity contribution in [2.24, 2.45) is 0 Å². The maximum absolute atomic E-state index is 11.4.